The van der Waals surface area contributed by atoms with Gasteiger partial charge >= 0.3 is 0 Å². The average molecular weight is 180 g/mol. The Kier molecular flexibility index (Phi) is 1.55. The van der Waals surface area contributed by atoms with E-state index >= 15 is 0 Å². The molecule has 1 aliphatic rings. The smallest absolute Gasteiger partial charge is 0.254 e. The zero-order chi connectivity index (χ0) is 9.59. The van der Waals surface area contributed by atoms with E-state index in [4.69, 9.17) is 11.5 Å². The molecule has 0 saturated heterocycles. The normalized spacial score (nSPS) is 16.1. The molecular weight excluding hydrogens is 168 g/mol. The van der Waals surface area contributed by atoms with Crippen molar-refractivity contribution in [2.24, 2.45) is 5.73 Å². The topological polar surface area (TPSA) is 86.9 Å². The van der Waals surface area contributed by atoms with Gasteiger partial charge in [0, 0.05) is 0 Å². The minimum absolute atomic E-state index is 0.368. The number of nitrogens with zero attached hydrogens (tertiary/aromatic N) is 2. The van der Waals surface area contributed by atoms with Crippen LogP contribution in [0.2, 0.25) is 0 Å². The molecule has 5 heteroatoms. The molecule has 1 aliphatic carbocycles. The summed E-state index contributed by atoms with van der Waals surface area (Å²) in [5.41, 5.74) is 11.9. The molecule has 1 aromatic heterocycles. The molecule has 0 atom stereocenters. The molecule has 1 aromatic rings. The van der Waals surface area contributed by atoms with E-state index in [1.165, 1.54) is 0 Å². The number of hydrogen-bond acceptors (Lipinski definition) is 3. The number of nitrogen functional groups attached to an aromatic ring is 1. The van der Waals surface area contributed by atoms with E-state index in [0.29, 0.717) is 23.1 Å². The van der Waals surface area contributed by atoms with Crippen molar-refractivity contribution in [2.45, 2.75) is 25.8 Å². The SMILES string of the molecule is Cc1nn(C2CC2)c(N)c1C(N)=O. The van der Waals surface area contributed by atoms with Gasteiger partial charge in [-0.2, -0.15) is 5.10 Å². The summed E-state index contributed by atoms with van der Waals surface area (Å²) in [5, 5.41) is 4.18. The predicted molar refractivity (Wildman–Crippen MR) is 48.2 cm³/mol. The molecule has 0 aromatic carbocycles. The standard InChI is InChI=1S/C8H12N4O/c1-4-6(8(10)13)7(9)12(11-4)5-2-3-5/h5H,2-3,9H2,1H3,(H2,10,13). The zero-order valence-electron chi connectivity index (χ0n) is 7.45. The molecule has 1 amide bonds. The maximum Gasteiger partial charge on any atom is 0.254 e. The molecule has 0 unspecified atom stereocenters. The summed E-state index contributed by atoms with van der Waals surface area (Å²) in [7, 11) is 0. The van der Waals surface area contributed by atoms with Gasteiger partial charge in [-0.05, 0) is 19.8 Å². The first-order valence-corrected chi connectivity index (χ1v) is 4.25. The van der Waals surface area contributed by atoms with Crippen LogP contribution in [-0.2, 0) is 0 Å². The molecule has 0 spiro atoms. The van der Waals surface area contributed by atoms with Crippen LogP contribution in [0.1, 0.15) is 34.9 Å². The number of carbonyl (C=O) groups is 1. The summed E-state index contributed by atoms with van der Waals surface area (Å²) >= 11 is 0. The molecular formula is C8H12N4O. The highest BCUT2D eigenvalue weighted by molar-refractivity contribution is 5.98. The first-order chi connectivity index (χ1) is 6.11. The second-order valence-corrected chi connectivity index (χ2v) is 3.39. The summed E-state index contributed by atoms with van der Waals surface area (Å²) in [6.45, 7) is 1.75. The minimum atomic E-state index is -0.498. The number of aromatic nitrogens is 2. The summed E-state index contributed by atoms with van der Waals surface area (Å²) in [6.07, 6.45) is 2.17. The van der Waals surface area contributed by atoms with E-state index in [1.807, 2.05) is 0 Å². The molecule has 5 nitrogen and oxygen atoms in total. The van der Waals surface area contributed by atoms with E-state index in [2.05, 4.69) is 5.10 Å². The van der Waals surface area contributed by atoms with E-state index < -0.39 is 5.91 Å². The maximum atomic E-state index is 11.0. The van der Waals surface area contributed by atoms with Gasteiger partial charge in [-0.15, -0.1) is 0 Å². The monoisotopic (exact) mass is 180 g/mol. The first-order valence-electron chi connectivity index (χ1n) is 4.25. The van der Waals surface area contributed by atoms with Gasteiger partial charge in [-0.1, -0.05) is 0 Å². The van der Waals surface area contributed by atoms with Crippen molar-refractivity contribution in [3.05, 3.63) is 11.3 Å². The number of carbonyl (C=O) groups excluding carboxylic acids is 1. The number of anilines is 1. The lowest BCUT2D eigenvalue weighted by molar-refractivity contribution is 0.100. The number of amides is 1. The van der Waals surface area contributed by atoms with Gasteiger partial charge in [-0.3, -0.25) is 4.79 Å². The lowest BCUT2D eigenvalue weighted by Gasteiger charge is -1.99. The molecule has 1 fully saturated rings. The Labute approximate surface area is 75.7 Å². The predicted octanol–water partition coefficient (Wildman–Crippen LogP) is 0.208. The summed E-state index contributed by atoms with van der Waals surface area (Å²) in [4.78, 5) is 11.0. The fourth-order valence-corrected chi connectivity index (χ4v) is 1.47. The van der Waals surface area contributed by atoms with Crippen LogP contribution in [0.4, 0.5) is 5.82 Å². The molecule has 2 rings (SSSR count). The quantitative estimate of drug-likeness (QED) is 0.681. The molecule has 0 radical (unpaired) electrons. The van der Waals surface area contributed by atoms with Crippen LogP contribution in [0.5, 0.6) is 0 Å². The van der Waals surface area contributed by atoms with Crippen molar-refractivity contribution in [1.82, 2.24) is 9.78 Å². The third kappa shape index (κ3) is 1.16. The van der Waals surface area contributed by atoms with Gasteiger partial charge in [0.05, 0.1) is 11.7 Å². The van der Waals surface area contributed by atoms with Crippen LogP contribution in [0.3, 0.4) is 0 Å². The first kappa shape index (κ1) is 8.10. The van der Waals surface area contributed by atoms with E-state index in [1.54, 1.807) is 11.6 Å². The Bertz CT molecular complexity index is 364. The van der Waals surface area contributed by atoms with Gasteiger partial charge in [0.25, 0.3) is 5.91 Å². The van der Waals surface area contributed by atoms with Gasteiger partial charge in [0.2, 0.25) is 0 Å². The van der Waals surface area contributed by atoms with Crippen molar-refractivity contribution in [3.8, 4) is 0 Å². The fourth-order valence-electron chi connectivity index (χ4n) is 1.47. The van der Waals surface area contributed by atoms with Crippen LogP contribution in [0.15, 0.2) is 0 Å². The lowest BCUT2D eigenvalue weighted by Crippen LogP contribution is -2.14. The van der Waals surface area contributed by atoms with E-state index in [0.717, 1.165) is 12.8 Å². The van der Waals surface area contributed by atoms with E-state index in [9.17, 15) is 4.79 Å². The molecule has 4 N–H and O–H groups in total. The minimum Gasteiger partial charge on any atom is -0.383 e. The summed E-state index contributed by atoms with van der Waals surface area (Å²) in [6, 6.07) is 0.381. The Morgan fingerprint density at radius 3 is 2.62 bits per heavy atom. The second kappa shape index (κ2) is 2.48. The van der Waals surface area contributed by atoms with Gasteiger partial charge < -0.3 is 11.5 Å². The summed E-state index contributed by atoms with van der Waals surface area (Å²) < 4.78 is 1.70. The van der Waals surface area contributed by atoms with Crippen molar-refractivity contribution in [3.63, 3.8) is 0 Å². The number of nitrogens with two attached hydrogens (primary N) is 2. The second-order valence-electron chi connectivity index (χ2n) is 3.39. The largest absolute Gasteiger partial charge is 0.383 e. The highest BCUT2D eigenvalue weighted by Crippen LogP contribution is 2.37. The third-order valence-electron chi connectivity index (χ3n) is 2.26. The van der Waals surface area contributed by atoms with Gasteiger partial charge in [0.15, 0.2) is 0 Å². The number of hydrogen-bond donors (Lipinski definition) is 2. The molecule has 13 heavy (non-hydrogen) atoms. The van der Waals surface area contributed by atoms with Crippen LogP contribution >= 0.6 is 0 Å². The van der Waals surface area contributed by atoms with Gasteiger partial charge in [0.1, 0.15) is 11.4 Å². The number of rotatable bonds is 2. The Balaban J connectivity index is 2.50. The Hall–Kier alpha value is -1.52. The Morgan fingerprint density at radius 2 is 2.23 bits per heavy atom. The molecule has 1 saturated carbocycles. The van der Waals surface area contributed by atoms with Crippen molar-refractivity contribution < 1.29 is 4.79 Å². The van der Waals surface area contributed by atoms with Crippen LogP contribution in [0, 0.1) is 6.92 Å². The Morgan fingerprint density at radius 1 is 1.62 bits per heavy atom. The molecule has 0 aliphatic heterocycles. The van der Waals surface area contributed by atoms with Crippen LogP contribution < -0.4 is 11.5 Å². The molecule has 0 bridgehead atoms. The molecule has 70 valence electrons. The summed E-state index contributed by atoms with van der Waals surface area (Å²) in [5.74, 6) is -0.0885. The third-order valence-corrected chi connectivity index (χ3v) is 2.26. The lowest BCUT2D eigenvalue weighted by atomic mass is 10.2. The van der Waals surface area contributed by atoms with Crippen LogP contribution in [0.25, 0.3) is 0 Å². The number of primary amides is 1. The molecule has 1 heterocycles. The van der Waals surface area contributed by atoms with E-state index in [-0.39, 0.29) is 0 Å². The van der Waals surface area contributed by atoms with Crippen molar-refractivity contribution in [1.29, 1.82) is 0 Å². The zero-order valence-corrected chi connectivity index (χ0v) is 7.45. The highest BCUT2D eigenvalue weighted by Gasteiger charge is 2.29. The van der Waals surface area contributed by atoms with Crippen molar-refractivity contribution in [2.75, 3.05) is 5.73 Å². The van der Waals surface area contributed by atoms with Gasteiger partial charge in [-0.25, -0.2) is 4.68 Å². The maximum absolute atomic E-state index is 11.0. The van der Waals surface area contributed by atoms with Crippen LogP contribution in [-0.4, -0.2) is 15.7 Å². The average Bonchev–Trinajstić information content (AvgIpc) is 2.78. The fraction of sp³-hybridized carbons (Fsp3) is 0.500. The highest BCUT2D eigenvalue weighted by atomic mass is 16.1. The van der Waals surface area contributed by atoms with Crippen molar-refractivity contribution >= 4 is 11.7 Å². The number of aryl methyl sites for hydroxylation is 1.